The average Bonchev–Trinajstić information content (AvgIpc) is 3.40. The Morgan fingerprint density at radius 3 is 2.61 bits per heavy atom. The van der Waals surface area contributed by atoms with Gasteiger partial charge in [-0.25, -0.2) is 0 Å². The summed E-state index contributed by atoms with van der Waals surface area (Å²) in [4.78, 5) is 30.0. The van der Waals surface area contributed by atoms with Crippen molar-refractivity contribution in [3.8, 4) is 5.75 Å². The van der Waals surface area contributed by atoms with Gasteiger partial charge in [-0.15, -0.1) is 0 Å². The van der Waals surface area contributed by atoms with Crippen molar-refractivity contribution in [3.63, 3.8) is 0 Å². The minimum absolute atomic E-state index is 0.0384. The predicted octanol–water partition coefficient (Wildman–Crippen LogP) is 3.99. The molecule has 2 aromatic rings. The molecule has 1 aliphatic rings. The van der Waals surface area contributed by atoms with E-state index >= 15 is 0 Å². The SMILES string of the molecule is CCOc1cccc(C2C(C(=O)c3ccco3)=C(O)C(=O)N2CCCN(CC)CC)c1. The first-order valence-corrected chi connectivity index (χ1v) is 10.8. The van der Waals surface area contributed by atoms with Crippen molar-refractivity contribution in [2.24, 2.45) is 0 Å². The Morgan fingerprint density at radius 1 is 1.19 bits per heavy atom. The number of carbonyl (C=O) groups excluding carboxylic acids is 2. The molecule has 3 rings (SSSR count). The number of amides is 1. The molecule has 0 aliphatic carbocycles. The summed E-state index contributed by atoms with van der Waals surface area (Å²) >= 11 is 0. The lowest BCUT2D eigenvalue weighted by atomic mass is 9.95. The Balaban J connectivity index is 1.95. The topological polar surface area (TPSA) is 83.2 Å². The first-order chi connectivity index (χ1) is 15.0. The Labute approximate surface area is 182 Å². The molecule has 1 aromatic carbocycles. The molecule has 1 aliphatic heterocycles. The van der Waals surface area contributed by atoms with Crippen molar-refractivity contribution in [3.05, 3.63) is 65.3 Å². The van der Waals surface area contributed by atoms with Gasteiger partial charge in [0.25, 0.3) is 5.91 Å². The summed E-state index contributed by atoms with van der Waals surface area (Å²) in [7, 11) is 0. The summed E-state index contributed by atoms with van der Waals surface area (Å²) in [5, 5.41) is 10.7. The molecule has 0 radical (unpaired) electrons. The summed E-state index contributed by atoms with van der Waals surface area (Å²) in [5.41, 5.74) is 0.748. The summed E-state index contributed by atoms with van der Waals surface area (Å²) in [6, 6.07) is 9.73. The molecule has 1 amide bonds. The number of hydrogen-bond acceptors (Lipinski definition) is 6. The van der Waals surface area contributed by atoms with Crippen molar-refractivity contribution < 1.29 is 23.8 Å². The molecule has 7 nitrogen and oxygen atoms in total. The number of ether oxygens (including phenoxy) is 1. The van der Waals surface area contributed by atoms with E-state index in [0.29, 0.717) is 24.5 Å². The highest BCUT2D eigenvalue weighted by atomic mass is 16.5. The number of carbonyl (C=O) groups is 2. The van der Waals surface area contributed by atoms with Gasteiger partial charge >= 0.3 is 0 Å². The molecule has 31 heavy (non-hydrogen) atoms. The normalized spacial score (nSPS) is 16.5. The first-order valence-electron chi connectivity index (χ1n) is 10.8. The maximum Gasteiger partial charge on any atom is 0.290 e. The number of Topliss-reactive ketones (excluding diaryl/α,β-unsaturated/α-hetero) is 1. The molecule has 7 heteroatoms. The van der Waals surface area contributed by atoms with Gasteiger partial charge in [-0.05, 0) is 62.8 Å². The number of benzene rings is 1. The van der Waals surface area contributed by atoms with Crippen LogP contribution in [0.4, 0.5) is 0 Å². The van der Waals surface area contributed by atoms with Crippen LogP contribution in [0.15, 0.2) is 58.4 Å². The van der Waals surface area contributed by atoms with Crippen molar-refractivity contribution in [2.45, 2.75) is 33.2 Å². The third-order valence-corrected chi connectivity index (χ3v) is 5.55. The zero-order chi connectivity index (χ0) is 22.4. The van der Waals surface area contributed by atoms with E-state index in [9.17, 15) is 14.7 Å². The van der Waals surface area contributed by atoms with Crippen LogP contribution >= 0.6 is 0 Å². The Kier molecular flexibility index (Phi) is 7.52. The van der Waals surface area contributed by atoms with Crippen molar-refractivity contribution in [1.29, 1.82) is 0 Å². The fourth-order valence-corrected chi connectivity index (χ4v) is 3.95. The Morgan fingerprint density at radius 2 is 1.97 bits per heavy atom. The smallest absolute Gasteiger partial charge is 0.290 e. The first kappa shape index (κ1) is 22.6. The number of aliphatic hydroxyl groups is 1. The van der Waals surface area contributed by atoms with Crippen LogP contribution in [0.25, 0.3) is 0 Å². The summed E-state index contributed by atoms with van der Waals surface area (Å²) in [6.07, 6.45) is 2.12. The molecule has 0 saturated heterocycles. The van der Waals surface area contributed by atoms with E-state index in [0.717, 1.165) is 26.1 Å². The maximum atomic E-state index is 13.1. The van der Waals surface area contributed by atoms with Crippen LogP contribution in [-0.4, -0.2) is 59.4 Å². The lowest BCUT2D eigenvalue weighted by Crippen LogP contribution is -2.34. The highest BCUT2D eigenvalue weighted by Crippen LogP contribution is 2.40. The van der Waals surface area contributed by atoms with Gasteiger partial charge in [0, 0.05) is 6.54 Å². The second-order valence-electron chi connectivity index (χ2n) is 7.36. The summed E-state index contributed by atoms with van der Waals surface area (Å²) in [5.74, 6) is -0.816. The number of aliphatic hydroxyl groups excluding tert-OH is 1. The molecular weight excluding hydrogens is 396 g/mol. The number of rotatable bonds is 11. The van der Waals surface area contributed by atoms with Crippen LogP contribution < -0.4 is 4.74 Å². The van der Waals surface area contributed by atoms with Gasteiger partial charge in [0.15, 0.2) is 11.5 Å². The van der Waals surface area contributed by atoms with Crippen LogP contribution in [0, 0.1) is 0 Å². The highest BCUT2D eigenvalue weighted by Gasteiger charge is 2.44. The average molecular weight is 427 g/mol. The molecule has 0 saturated carbocycles. The predicted molar refractivity (Wildman–Crippen MR) is 117 cm³/mol. The van der Waals surface area contributed by atoms with Gasteiger partial charge in [-0.1, -0.05) is 26.0 Å². The van der Waals surface area contributed by atoms with Crippen molar-refractivity contribution >= 4 is 11.7 Å². The van der Waals surface area contributed by atoms with E-state index in [-0.39, 0.29) is 11.3 Å². The van der Waals surface area contributed by atoms with E-state index in [2.05, 4.69) is 18.7 Å². The molecule has 1 N–H and O–H groups in total. The van der Waals surface area contributed by atoms with E-state index in [1.54, 1.807) is 11.0 Å². The van der Waals surface area contributed by atoms with E-state index < -0.39 is 23.5 Å². The quantitative estimate of drug-likeness (QED) is 0.547. The third kappa shape index (κ3) is 4.82. The Hall–Kier alpha value is -3.06. The molecule has 166 valence electrons. The van der Waals surface area contributed by atoms with Gasteiger partial charge < -0.3 is 24.1 Å². The monoisotopic (exact) mass is 426 g/mol. The van der Waals surface area contributed by atoms with Crippen LogP contribution in [0.3, 0.4) is 0 Å². The molecule has 0 bridgehead atoms. The summed E-state index contributed by atoms with van der Waals surface area (Å²) in [6.45, 7) is 9.68. The Bertz CT molecular complexity index is 931. The standard InChI is InChI=1S/C24H30N2O5/c1-4-25(5-2)13-9-14-26-21(17-10-7-11-18(16-17)30-6-3)20(23(28)24(26)29)22(27)19-12-8-15-31-19/h7-8,10-12,15-16,21,28H,4-6,9,13-14H2,1-3H3. The van der Waals surface area contributed by atoms with Gasteiger partial charge in [-0.3, -0.25) is 9.59 Å². The minimum atomic E-state index is -0.706. The molecule has 1 unspecified atom stereocenters. The lowest BCUT2D eigenvalue weighted by molar-refractivity contribution is -0.129. The molecule has 0 fully saturated rings. The van der Waals surface area contributed by atoms with Gasteiger partial charge in [0.1, 0.15) is 5.75 Å². The fourth-order valence-electron chi connectivity index (χ4n) is 3.95. The molecule has 2 heterocycles. The van der Waals surface area contributed by atoms with Gasteiger partial charge in [0.2, 0.25) is 5.78 Å². The minimum Gasteiger partial charge on any atom is -0.503 e. The molecular formula is C24H30N2O5. The van der Waals surface area contributed by atoms with Crippen molar-refractivity contribution in [1.82, 2.24) is 9.80 Å². The number of hydrogen-bond donors (Lipinski definition) is 1. The highest BCUT2D eigenvalue weighted by molar-refractivity contribution is 6.15. The summed E-state index contributed by atoms with van der Waals surface area (Å²) < 4.78 is 10.9. The van der Waals surface area contributed by atoms with Crippen LogP contribution in [0.2, 0.25) is 0 Å². The van der Waals surface area contributed by atoms with E-state index in [4.69, 9.17) is 9.15 Å². The van der Waals surface area contributed by atoms with Gasteiger partial charge in [0.05, 0.1) is 24.5 Å². The van der Waals surface area contributed by atoms with Crippen molar-refractivity contribution in [2.75, 3.05) is 32.8 Å². The second-order valence-corrected chi connectivity index (χ2v) is 7.36. The van der Waals surface area contributed by atoms with E-state index in [1.165, 1.54) is 12.3 Å². The number of ketones is 1. The number of furan rings is 1. The zero-order valence-corrected chi connectivity index (χ0v) is 18.3. The van der Waals surface area contributed by atoms with Crippen LogP contribution in [0.1, 0.15) is 49.4 Å². The molecule has 0 spiro atoms. The third-order valence-electron chi connectivity index (χ3n) is 5.55. The second kappa shape index (κ2) is 10.3. The van der Waals surface area contributed by atoms with E-state index in [1.807, 2.05) is 31.2 Å². The fraction of sp³-hybridized carbons (Fsp3) is 0.417. The van der Waals surface area contributed by atoms with Crippen LogP contribution in [-0.2, 0) is 4.79 Å². The molecule has 1 aromatic heterocycles. The largest absolute Gasteiger partial charge is 0.503 e. The number of nitrogens with zero attached hydrogens (tertiary/aromatic N) is 2. The zero-order valence-electron chi connectivity index (χ0n) is 18.3. The maximum absolute atomic E-state index is 13.1. The van der Waals surface area contributed by atoms with Crippen LogP contribution in [0.5, 0.6) is 5.75 Å². The molecule has 1 atom stereocenters. The van der Waals surface area contributed by atoms with Gasteiger partial charge in [-0.2, -0.15) is 0 Å². The lowest BCUT2D eigenvalue weighted by Gasteiger charge is -2.28.